The van der Waals surface area contributed by atoms with E-state index in [-0.39, 0.29) is 11.4 Å². The minimum atomic E-state index is -3.81. The lowest BCUT2D eigenvalue weighted by atomic mass is 10.1. The number of nitrogens with zero attached hydrogens (tertiary/aromatic N) is 1. The summed E-state index contributed by atoms with van der Waals surface area (Å²) < 4.78 is 26.5. The molecule has 0 bridgehead atoms. The first-order valence-electron chi connectivity index (χ1n) is 7.97. The van der Waals surface area contributed by atoms with Crippen molar-refractivity contribution in [1.29, 1.82) is 0 Å². The molecule has 0 spiro atoms. The van der Waals surface area contributed by atoms with Gasteiger partial charge in [0.15, 0.2) is 0 Å². The largest absolute Gasteiger partial charge is 0.325 e. The summed E-state index contributed by atoms with van der Waals surface area (Å²) in [4.78, 5) is 12.3. The zero-order valence-corrected chi connectivity index (χ0v) is 16.6. The molecule has 8 heteroatoms. The van der Waals surface area contributed by atoms with Crippen LogP contribution >= 0.6 is 23.2 Å². The Morgan fingerprint density at radius 1 is 0.963 bits per heavy atom. The number of amides is 1. The molecule has 0 aliphatic heterocycles. The van der Waals surface area contributed by atoms with Crippen LogP contribution in [0.4, 0.5) is 5.69 Å². The highest BCUT2D eigenvalue weighted by atomic mass is 35.5. The van der Waals surface area contributed by atoms with Crippen LogP contribution in [-0.2, 0) is 14.8 Å². The lowest BCUT2D eigenvalue weighted by Crippen LogP contribution is -2.34. The fraction of sp³-hybridized carbons (Fsp3) is 0.105. The summed E-state index contributed by atoms with van der Waals surface area (Å²) >= 11 is 11.8. The Kier molecular flexibility index (Phi) is 5.72. The summed E-state index contributed by atoms with van der Waals surface area (Å²) in [6.45, 7) is -0.338. The van der Waals surface area contributed by atoms with E-state index in [9.17, 15) is 13.2 Å². The quantitative estimate of drug-likeness (QED) is 0.661. The second-order valence-electron chi connectivity index (χ2n) is 5.95. The fourth-order valence-electron chi connectivity index (χ4n) is 2.57. The lowest BCUT2D eigenvalue weighted by Gasteiger charge is -2.17. The van der Waals surface area contributed by atoms with Gasteiger partial charge in [0.05, 0.1) is 21.5 Å². The fourth-order valence-corrected chi connectivity index (χ4v) is 4.03. The molecule has 0 unspecified atom stereocenters. The van der Waals surface area contributed by atoms with E-state index in [1.807, 2.05) is 24.3 Å². The van der Waals surface area contributed by atoms with Gasteiger partial charge in [0.25, 0.3) is 0 Å². The highest BCUT2D eigenvalue weighted by Gasteiger charge is 2.23. The molecule has 1 N–H and O–H groups in total. The van der Waals surface area contributed by atoms with Crippen molar-refractivity contribution in [3.8, 4) is 0 Å². The summed E-state index contributed by atoms with van der Waals surface area (Å²) in [5.74, 6) is -0.486. The predicted octanol–water partition coefficient (Wildman–Crippen LogP) is 4.41. The van der Waals surface area contributed by atoms with Crippen LogP contribution in [-0.4, -0.2) is 32.2 Å². The number of likely N-dealkylation sites (N-methyl/N-ethyl adjacent to an activating group) is 1. The van der Waals surface area contributed by atoms with E-state index in [1.165, 1.54) is 19.2 Å². The summed E-state index contributed by atoms with van der Waals surface area (Å²) in [6.07, 6.45) is 0. The molecular weight excluding hydrogens is 407 g/mol. The second-order valence-corrected chi connectivity index (χ2v) is 8.81. The van der Waals surface area contributed by atoms with Crippen LogP contribution < -0.4 is 5.32 Å². The van der Waals surface area contributed by atoms with E-state index in [2.05, 4.69) is 5.32 Å². The minimum Gasteiger partial charge on any atom is -0.325 e. The maximum atomic E-state index is 12.8. The Morgan fingerprint density at radius 2 is 1.67 bits per heavy atom. The normalized spacial score (nSPS) is 11.7. The smallest absolute Gasteiger partial charge is 0.243 e. The number of carbonyl (C=O) groups excluding carboxylic acids is 1. The molecule has 3 aromatic rings. The second kappa shape index (κ2) is 7.86. The standard InChI is InChI=1S/C19H16Cl2N2O3S/c1-23(12-19(24)22-15-7-9-17(20)18(21)11-15)27(25,26)16-8-6-13-4-2-3-5-14(13)10-16/h2-11H,12H2,1H3,(H,22,24). The van der Waals surface area contributed by atoms with Crippen LogP contribution in [0.3, 0.4) is 0 Å². The molecule has 0 aromatic heterocycles. The summed E-state index contributed by atoms with van der Waals surface area (Å²) in [6, 6.07) is 17.0. The number of benzene rings is 3. The Morgan fingerprint density at radius 3 is 2.37 bits per heavy atom. The van der Waals surface area contributed by atoms with Gasteiger partial charge in [-0.2, -0.15) is 4.31 Å². The van der Waals surface area contributed by atoms with Gasteiger partial charge in [0.1, 0.15) is 0 Å². The first-order valence-corrected chi connectivity index (χ1v) is 10.2. The molecule has 0 aliphatic carbocycles. The van der Waals surface area contributed by atoms with Crippen LogP contribution in [0, 0.1) is 0 Å². The van der Waals surface area contributed by atoms with Crippen molar-refractivity contribution >= 4 is 55.6 Å². The third-order valence-corrected chi connectivity index (χ3v) is 6.54. The van der Waals surface area contributed by atoms with E-state index in [0.717, 1.165) is 15.1 Å². The van der Waals surface area contributed by atoms with Gasteiger partial charge in [-0.15, -0.1) is 0 Å². The third kappa shape index (κ3) is 4.42. The molecule has 3 rings (SSSR count). The summed E-state index contributed by atoms with van der Waals surface area (Å²) in [5.41, 5.74) is 0.436. The van der Waals surface area contributed by atoms with E-state index in [1.54, 1.807) is 24.3 Å². The van der Waals surface area contributed by atoms with Gasteiger partial charge in [0, 0.05) is 12.7 Å². The zero-order valence-electron chi connectivity index (χ0n) is 14.3. The first kappa shape index (κ1) is 19.6. The minimum absolute atomic E-state index is 0.131. The van der Waals surface area contributed by atoms with Gasteiger partial charge >= 0.3 is 0 Å². The number of carbonyl (C=O) groups is 1. The van der Waals surface area contributed by atoms with E-state index < -0.39 is 15.9 Å². The molecule has 140 valence electrons. The highest BCUT2D eigenvalue weighted by Crippen LogP contribution is 2.25. The predicted molar refractivity (Wildman–Crippen MR) is 109 cm³/mol. The monoisotopic (exact) mass is 422 g/mol. The van der Waals surface area contributed by atoms with Gasteiger partial charge in [-0.3, -0.25) is 4.79 Å². The number of anilines is 1. The molecular formula is C19H16Cl2N2O3S. The van der Waals surface area contributed by atoms with Crippen molar-refractivity contribution in [3.63, 3.8) is 0 Å². The number of sulfonamides is 1. The number of rotatable bonds is 5. The van der Waals surface area contributed by atoms with Crippen molar-refractivity contribution in [2.45, 2.75) is 4.90 Å². The van der Waals surface area contributed by atoms with Crippen molar-refractivity contribution < 1.29 is 13.2 Å². The number of hydrogen-bond donors (Lipinski definition) is 1. The first-order chi connectivity index (χ1) is 12.8. The lowest BCUT2D eigenvalue weighted by molar-refractivity contribution is -0.116. The number of nitrogens with one attached hydrogen (secondary N) is 1. The molecule has 3 aromatic carbocycles. The highest BCUT2D eigenvalue weighted by molar-refractivity contribution is 7.89. The molecule has 5 nitrogen and oxygen atoms in total. The molecule has 0 radical (unpaired) electrons. The van der Waals surface area contributed by atoms with E-state index >= 15 is 0 Å². The molecule has 1 amide bonds. The van der Waals surface area contributed by atoms with Crippen LogP contribution in [0.2, 0.25) is 10.0 Å². The van der Waals surface area contributed by atoms with Crippen molar-refractivity contribution in [1.82, 2.24) is 4.31 Å². The van der Waals surface area contributed by atoms with E-state index in [4.69, 9.17) is 23.2 Å². The van der Waals surface area contributed by atoms with E-state index in [0.29, 0.717) is 15.7 Å². The Bertz CT molecular complexity index is 1120. The molecule has 27 heavy (non-hydrogen) atoms. The summed E-state index contributed by atoms with van der Waals surface area (Å²) in [7, 11) is -2.45. The van der Waals surface area contributed by atoms with Gasteiger partial charge < -0.3 is 5.32 Å². The molecule has 0 saturated heterocycles. The van der Waals surface area contributed by atoms with Crippen LogP contribution in [0.15, 0.2) is 65.6 Å². The molecule has 0 heterocycles. The van der Waals surface area contributed by atoms with Gasteiger partial charge in [-0.05, 0) is 41.1 Å². The van der Waals surface area contributed by atoms with Crippen LogP contribution in [0.1, 0.15) is 0 Å². The number of fused-ring (bicyclic) bond motifs is 1. The van der Waals surface area contributed by atoms with Crippen LogP contribution in [0.5, 0.6) is 0 Å². The Balaban J connectivity index is 1.75. The van der Waals surface area contributed by atoms with Gasteiger partial charge in [0.2, 0.25) is 15.9 Å². The molecule has 0 aliphatic rings. The zero-order chi connectivity index (χ0) is 19.6. The van der Waals surface area contributed by atoms with Crippen molar-refractivity contribution in [3.05, 3.63) is 70.7 Å². The summed E-state index contributed by atoms with van der Waals surface area (Å²) in [5, 5.41) is 5.02. The molecule has 0 fully saturated rings. The Hall–Kier alpha value is -2.12. The van der Waals surface area contributed by atoms with Gasteiger partial charge in [-0.25, -0.2) is 8.42 Å². The average Bonchev–Trinajstić information content (AvgIpc) is 2.64. The number of hydrogen-bond acceptors (Lipinski definition) is 3. The topological polar surface area (TPSA) is 66.5 Å². The molecule has 0 atom stereocenters. The number of halogens is 2. The van der Waals surface area contributed by atoms with Gasteiger partial charge in [-0.1, -0.05) is 53.5 Å². The van der Waals surface area contributed by atoms with Crippen molar-refractivity contribution in [2.24, 2.45) is 0 Å². The SMILES string of the molecule is CN(CC(=O)Nc1ccc(Cl)c(Cl)c1)S(=O)(=O)c1ccc2ccccc2c1. The third-order valence-electron chi connectivity index (χ3n) is 4.00. The van der Waals surface area contributed by atoms with Crippen LogP contribution in [0.25, 0.3) is 10.8 Å². The Labute approximate surface area is 167 Å². The van der Waals surface area contributed by atoms with Crippen molar-refractivity contribution in [2.75, 3.05) is 18.9 Å². The maximum Gasteiger partial charge on any atom is 0.243 e. The average molecular weight is 423 g/mol. The molecule has 0 saturated carbocycles. The maximum absolute atomic E-state index is 12.8.